The van der Waals surface area contributed by atoms with Gasteiger partial charge >= 0.3 is 0 Å². The van der Waals surface area contributed by atoms with E-state index in [-0.39, 0.29) is 5.91 Å². The fourth-order valence-electron chi connectivity index (χ4n) is 1.96. The average molecular weight is 368 g/mol. The summed E-state index contributed by atoms with van der Waals surface area (Å²) in [6.45, 7) is 5.30. The Morgan fingerprint density at radius 3 is 2.86 bits per heavy atom. The van der Waals surface area contributed by atoms with Crippen molar-refractivity contribution in [1.29, 1.82) is 0 Å². The molecule has 0 spiro atoms. The third-order valence-corrected chi connectivity index (χ3v) is 4.54. The van der Waals surface area contributed by atoms with Crippen molar-refractivity contribution in [1.82, 2.24) is 10.3 Å². The van der Waals surface area contributed by atoms with Crippen LogP contribution in [0.5, 0.6) is 0 Å². The van der Waals surface area contributed by atoms with Gasteiger partial charge in [-0.05, 0) is 60.5 Å². The number of halogens is 1. The molecule has 2 rings (SSSR count). The van der Waals surface area contributed by atoms with Crippen molar-refractivity contribution in [3.8, 4) is 0 Å². The van der Waals surface area contributed by atoms with E-state index in [1.807, 2.05) is 19.9 Å². The summed E-state index contributed by atoms with van der Waals surface area (Å²) in [5, 5.41) is 6.08. The molecule has 0 aliphatic rings. The molecule has 2 N–H and O–H groups in total. The van der Waals surface area contributed by atoms with Crippen molar-refractivity contribution >= 4 is 39.0 Å². The van der Waals surface area contributed by atoms with Crippen molar-refractivity contribution in [3.05, 3.63) is 44.2 Å². The minimum atomic E-state index is -0.0599. The minimum Gasteiger partial charge on any atom is -0.370 e. The van der Waals surface area contributed by atoms with E-state index >= 15 is 0 Å². The number of aromatic nitrogens is 1. The first-order valence-corrected chi connectivity index (χ1v) is 8.44. The van der Waals surface area contributed by atoms with Crippen LogP contribution in [0.2, 0.25) is 0 Å². The highest BCUT2D eigenvalue weighted by atomic mass is 79.9. The Hall–Kier alpha value is -1.40. The molecule has 4 nitrogen and oxygen atoms in total. The second kappa shape index (κ2) is 7.56. The number of nitrogens with zero attached hydrogens (tertiary/aromatic N) is 1. The molecular formula is C15H18BrN3OS. The fourth-order valence-corrected chi connectivity index (χ4v) is 3.44. The van der Waals surface area contributed by atoms with E-state index in [2.05, 4.69) is 37.6 Å². The van der Waals surface area contributed by atoms with Gasteiger partial charge in [0.15, 0.2) is 0 Å². The SMILES string of the molecule is CCNc1cc(C(=O)NCCc2ccc(Br)s2)cc(C)n1. The van der Waals surface area contributed by atoms with E-state index in [1.54, 1.807) is 23.5 Å². The molecule has 0 unspecified atom stereocenters. The lowest BCUT2D eigenvalue weighted by Gasteiger charge is -2.08. The molecule has 0 saturated carbocycles. The first kappa shape index (κ1) is 16.0. The molecule has 2 aromatic rings. The van der Waals surface area contributed by atoms with Crippen LogP contribution in [0, 0.1) is 6.92 Å². The Balaban J connectivity index is 1.93. The number of nitrogens with one attached hydrogen (secondary N) is 2. The highest BCUT2D eigenvalue weighted by Gasteiger charge is 2.08. The van der Waals surface area contributed by atoms with Crippen molar-refractivity contribution in [3.63, 3.8) is 0 Å². The van der Waals surface area contributed by atoms with Crippen molar-refractivity contribution < 1.29 is 4.79 Å². The number of thiophene rings is 1. The summed E-state index contributed by atoms with van der Waals surface area (Å²) in [5.74, 6) is 0.681. The van der Waals surface area contributed by atoms with Gasteiger partial charge in [0, 0.05) is 29.2 Å². The second-order valence-corrected chi connectivity index (χ2v) is 7.17. The van der Waals surface area contributed by atoms with Gasteiger partial charge in [-0.2, -0.15) is 0 Å². The van der Waals surface area contributed by atoms with Crippen LogP contribution in [0.25, 0.3) is 0 Å². The fraction of sp³-hybridized carbons (Fsp3) is 0.333. The van der Waals surface area contributed by atoms with Gasteiger partial charge in [-0.25, -0.2) is 4.98 Å². The van der Waals surface area contributed by atoms with Crippen LogP contribution >= 0.6 is 27.3 Å². The second-order valence-electron chi connectivity index (χ2n) is 4.62. The lowest BCUT2D eigenvalue weighted by Crippen LogP contribution is -2.25. The van der Waals surface area contributed by atoms with Crippen LogP contribution in [0.3, 0.4) is 0 Å². The molecule has 0 atom stereocenters. The highest BCUT2D eigenvalue weighted by molar-refractivity contribution is 9.11. The van der Waals surface area contributed by atoms with Crippen LogP contribution in [0.1, 0.15) is 27.9 Å². The molecule has 0 aliphatic carbocycles. The molecular weight excluding hydrogens is 350 g/mol. The number of pyridine rings is 1. The predicted octanol–water partition coefficient (Wildman–Crippen LogP) is 3.62. The molecule has 0 radical (unpaired) electrons. The number of hydrogen-bond donors (Lipinski definition) is 2. The van der Waals surface area contributed by atoms with Crippen LogP contribution in [-0.2, 0) is 6.42 Å². The van der Waals surface area contributed by atoms with Gasteiger partial charge in [-0.3, -0.25) is 4.79 Å². The first-order chi connectivity index (χ1) is 10.1. The van der Waals surface area contributed by atoms with Crippen LogP contribution in [-0.4, -0.2) is 24.0 Å². The smallest absolute Gasteiger partial charge is 0.251 e. The van der Waals surface area contributed by atoms with Crippen LogP contribution < -0.4 is 10.6 Å². The van der Waals surface area contributed by atoms with Gasteiger partial charge in [-0.1, -0.05) is 0 Å². The largest absolute Gasteiger partial charge is 0.370 e. The lowest BCUT2D eigenvalue weighted by atomic mass is 10.2. The molecule has 2 aromatic heterocycles. The number of hydrogen-bond acceptors (Lipinski definition) is 4. The maximum atomic E-state index is 12.2. The Bertz CT molecular complexity index is 627. The molecule has 0 bridgehead atoms. The Morgan fingerprint density at radius 2 is 2.19 bits per heavy atom. The van der Waals surface area contributed by atoms with E-state index < -0.39 is 0 Å². The number of carbonyl (C=O) groups excluding carboxylic acids is 1. The van der Waals surface area contributed by atoms with Crippen molar-refractivity contribution in [2.45, 2.75) is 20.3 Å². The van der Waals surface area contributed by atoms with E-state index in [0.29, 0.717) is 12.1 Å². The lowest BCUT2D eigenvalue weighted by molar-refractivity contribution is 0.0954. The summed E-state index contributed by atoms with van der Waals surface area (Å²) in [4.78, 5) is 17.8. The Morgan fingerprint density at radius 1 is 1.38 bits per heavy atom. The van der Waals surface area contributed by atoms with Gasteiger partial charge < -0.3 is 10.6 Å². The van der Waals surface area contributed by atoms with E-state index in [9.17, 15) is 4.79 Å². The van der Waals surface area contributed by atoms with Crippen molar-refractivity contribution in [2.24, 2.45) is 0 Å². The minimum absolute atomic E-state index is 0.0599. The number of carbonyl (C=O) groups is 1. The summed E-state index contributed by atoms with van der Waals surface area (Å²) >= 11 is 5.13. The third-order valence-electron chi connectivity index (χ3n) is 2.86. The van der Waals surface area contributed by atoms with Crippen LogP contribution in [0.4, 0.5) is 5.82 Å². The summed E-state index contributed by atoms with van der Waals surface area (Å²) in [7, 11) is 0. The highest BCUT2D eigenvalue weighted by Crippen LogP contribution is 2.22. The number of rotatable bonds is 6. The Labute approximate surface area is 137 Å². The topological polar surface area (TPSA) is 54.0 Å². The standard InChI is InChI=1S/C15H18BrN3OS/c1-3-17-14-9-11(8-10(2)19-14)15(20)18-7-6-12-4-5-13(16)21-12/h4-5,8-9H,3,6-7H2,1-2H3,(H,17,19)(H,18,20). The zero-order valence-electron chi connectivity index (χ0n) is 12.1. The van der Waals surface area contributed by atoms with Gasteiger partial charge in [0.1, 0.15) is 5.82 Å². The summed E-state index contributed by atoms with van der Waals surface area (Å²) < 4.78 is 1.11. The van der Waals surface area contributed by atoms with E-state index in [4.69, 9.17) is 0 Å². The maximum absolute atomic E-state index is 12.2. The summed E-state index contributed by atoms with van der Waals surface area (Å²) in [6.07, 6.45) is 0.839. The molecule has 0 aromatic carbocycles. The summed E-state index contributed by atoms with van der Waals surface area (Å²) in [5.41, 5.74) is 1.48. The monoisotopic (exact) mass is 367 g/mol. The van der Waals surface area contributed by atoms with Gasteiger partial charge in [0.05, 0.1) is 3.79 Å². The van der Waals surface area contributed by atoms with E-state index in [1.165, 1.54) is 4.88 Å². The predicted molar refractivity (Wildman–Crippen MR) is 91.2 cm³/mol. The third kappa shape index (κ3) is 4.82. The van der Waals surface area contributed by atoms with Crippen molar-refractivity contribution in [2.75, 3.05) is 18.4 Å². The molecule has 21 heavy (non-hydrogen) atoms. The van der Waals surface area contributed by atoms with Gasteiger partial charge in [-0.15, -0.1) is 11.3 Å². The summed E-state index contributed by atoms with van der Waals surface area (Å²) in [6, 6.07) is 7.68. The number of aryl methyl sites for hydroxylation is 1. The molecule has 1 amide bonds. The molecule has 0 saturated heterocycles. The molecule has 0 aliphatic heterocycles. The number of anilines is 1. The zero-order chi connectivity index (χ0) is 15.2. The molecule has 112 valence electrons. The zero-order valence-corrected chi connectivity index (χ0v) is 14.5. The Kier molecular flexibility index (Phi) is 5.76. The molecule has 6 heteroatoms. The molecule has 2 heterocycles. The molecule has 0 fully saturated rings. The first-order valence-electron chi connectivity index (χ1n) is 6.83. The number of amides is 1. The van der Waals surface area contributed by atoms with Crippen LogP contribution in [0.15, 0.2) is 28.1 Å². The van der Waals surface area contributed by atoms with Gasteiger partial charge in [0.2, 0.25) is 0 Å². The average Bonchev–Trinajstić information content (AvgIpc) is 2.84. The normalized spacial score (nSPS) is 10.4. The van der Waals surface area contributed by atoms with Gasteiger partial charge in [0.25, 0.3) is 5.91 Å². The maximum Gasteiger partial charge on any atom is 0.251 e. The quantitative estimate of drug-likeness (QED) is 0.819. The van der Waals surface area contributed by atoms with E-state index in [0.717, 1.165) is 28.3 Å².